The van der Waals surface area contributed by atoms with Crippen LogP contribution in [0.4, 0.5) is 0 Å². The van der Waals surface area contributed by atoms with Gasteiger partial charge < -0.3 is 9.16 Å². The fourth-order valence-corrected chi connectivity index (χ4v) is 2.26. The molecule has 0 saturated heterocycles. The summed E-state index contributed by atoms with van der Waals surface area (Å²) >= 11 is 0. The molecule has 3 heteroatoms. The molecule has 0 radical (unpaired) electrons. The van der Waals surface area contributed by atoms with Gasteiger partial charge in [0.05, 0.1) is 13.2 Å². The van der Waals surface area contributed by atoms with Gasteiger partial charge >= 0.3 is 0 Å². The van der Waals surface area contributed by atoms with Crippen LogP contribution in [0.2, 0.25) is 19.1 Å². The fraction of sp³-hybridized carbons (Fsp3) is 0.800. The molecular formula is C10H26O2Si. The van der Waals surface area contributed by atoms with Gasteiger partial charge in [-0.15, -0.1) is 6.58 Å². The molecule has 0 saturated carbocycles. The lowest BCUT2D eigenvalue weighted by Gasteiger charge is -2.20. The van der Waals surface area contributed by atoms with Gasteiger partial charge in [0, 0.05) is 7.11 Å². The van der Waals surface area contributed by atoms with Crippen molar-refractivity contribution in [2.75, 3.05) is 20.3 Å². The van der Waals surface area contributed by atoms with Gasteiger partial charge in [0.15, 0.2) is 8.32 Å². The summed E-state index contributed by atoms with van der Waals surface area (Å²) in [7, 11) is 0.247. The van der Waals surface area contributed by atoms with E-state index in [9.17, 15) is 0 Å². The van der Waals surface area contributed by atoms with Gasteiger partial charge in [0.1, 0.15) is 0 Å². The minimum Gasteiger partial charge on any atom is -0.415 e. The van der Waals surface area contributed by atoms with Crippen LogP contribution >= 0.6 is 0 Å². The Labute approximate surface area is 85.1 Å². The van der Waals surface area contributed by atoms with Gasteiger partial charge in [0.2, 0.25) is 0 Å². The Bertz CT molecular complexity index is 113. The van der Waals surface area contributed by atoms with Gasteiger partial charge in [-0.3, -0.25) is 0 Å². The topological polar surface area (TPSA) is 18.5 Å². The van der Waals surface area contributed by atoms with Crippen LogP contribution in [0, 0.1) is 0 Å². The molecule has 0 aliphatic carbocycles. The molecule has 0 aromatic carbocycles. The maximum absolute atomic E-state index is 5.65. The van der Waals surface area contributed by atoms with Gasteiger partial charge in [0.25, 0.3) is 0 Å². The molecule has 0 unspecified atom stereocenters. The molecule has 0 aliphatic heterocycles. The summed E-state index contributed by atoms with van der Waals surface area (Å²) in [6.45, 7) is 9.47. The Morgan fingerprint density at radius 3 is 2.15 bits per heavy atom. The molecule has 82 valence electrons. The highest BCUT2D eigenvalue weighted by Gasteiger charge is 2.19. The predicted octanol–water partition coefficient (Wildman–Crippen LogP) is 3.31. The lowest BCUT2D eigenvalue weighted by molar-refractivity contribution is 0.143. The average Bonchev–Trinajstić information content (AvgIpc) is 1.87. The molecule has 0 aliphatic rings. The van der Waals surface area contributed by atoms with Crippen LogP contribution in [0.3, 0.4) is 0 Å². The molecule has 0 spiro atoms. The first kappa shape index (κ1) is 18.6. The highest BCUT2D eigenvalue weighted by atomic mass is 28.4. The van der Waals surface area contributed by atoms with Crippen molar-refractivity contribution in [2.24, 2.45) is 0 Å². The Kier molecular flexibility index (Phi) is 14.3. The lowest BCUT2D eigenvalue weighted by atomic mass is 10.8. The normalized spacial score (nSPS) is 9.77. The Hall–Kier alpha value is -0.123. The molecular weight excluding hydrogens is 180 g/mol. The third-order valence-corrected chi connectivity index (χ3v) is 3.67. The van der Waals surface area contributed by atoms with Crippen LogP contribution in [-0.4, -0.2) is 28.6 Å². The average molecular weight is 206 g/mol. The molecule has 0 atom stereocenters. The van der Waals surface area contributed by atoms with Crippen molar-refractivity contribution in [1.82, 2.24) is 0 Å². The number of hydrogen-bond donors (Lipinski definition) is 0. The molecule has 0 aromatic rings. The van der Waals surface area contributed by atoms with Crippen molar-refractivity contribution in [1.29, 1.82) is 0 Å². The van der Waals surface area contributed by atoms with Gasteiger partial charge in [-0.25, -0.2) is 0 Å². The van der Waals surface area contributed by atoms with Crippen molar-refractivity contribution in [2.45, 2.75) is 34.0 Å². The maximum Gasteiger partial charge on any atom is 0.190 e. The van der Waals surface area contributed by atoms with Crippen LogP contribution in [-0.2, 0) is 9.16 Å². The zero-order chi connectivity index (χ0) is 8.74. The highest BCUT2D eigenvalue weighted by Crippen LogP contribution is 2.10. The van der Waals surface area contributed by atoms with Crippen molar-refractivity contribution >= 4 is 8.32 Å². The third kappa shape index (κ3) is 11.9. The van der Waals surface area contributed by atoms with Crippen molar-refractivity contribution < 1.29 is 9.16 Å². The number of rotatable bonds is 6. The number of ether oxygens (including phenoxy) is 1. The second kappa shape index (κ2) is 9.96. The van der Waals surface area contributed by atoms with Crippen molar-refractivity contribution in [3.63, 3.8) is 0 Å². The van der Waals surface area contributed by atoms with Crippen LogP contribution in [0.5, 0.6) is 0 Å². The van der Waals surface area contributed by atoms with Crippen LogP contribution in [0.15, 0.2) is 12.7 Å². The summed E-state index contributed by atoms with van der Waals surface area (Å²) in [5, 5.41) is 0. The van der Waals surface area contributed by atoms with Gasteiger partial charge in [-0.05, 0) is 19.1 Å². The van der Waals surface area contributed by atoms with E-state index in [0.717, 1.165) is 6.04 Å². The quantitative estimate of drug-likeness (QED) is 0.377. The predicted molar refractivity (Wildman–Crippen MR) is 63.8 cm³/mol. The number of methoxy groups -OCH3 is 1. The van der Waals surface area contributed by atoms with E-state index < -0.39 is 8.32 Å². The molecule has 0 fully saturated rings. The Balaban J connectivity index is -0.000000500. The zero-order valence-corrected chi connectivity index (χ0v) is 8.72. The summed E-state index contributed by atoms with van der Waals surface area (Å²) in [6, 6.07) is 1.01. The van der Waals surface area contributed by atoms with Crippen molar-refractivity contribution in [3.05, 3.63) is 12.7 Å². The third-order valence-electron chi connectivity index (χ3n) is 1.42. The number of allylic oxidation sites excluding steroid dienone is 1. The van der Waals surface area contributed by atoms with Crippen LogP contribution < -0.4 is 0 Å². The Morgan fingerprint density at radius 1 is 1.23 bits per heavy atom. The molecule has 0 amide bonds. The second-order valence-corrected chi connectivity index (χ2v) is 7.31. The van der Waals surface area contributed by atoms with Gasteiger partial charge in [-0.1, -0.05) is 20.9 Å². The van der Waals surface area contributed by atoms with Gasteiger partial charge in [-0.2, -0.15) is 0 Å². The minimum absolute atomic E-state index is 0. The van der Waals surface area contributed by atoms with Crippen LogP contribution in [0.25, 0.3) is 0 Å². The summed E-state index contributed by atoms with van der Waals surface area (Å²) < 4.78 is 10.5. The molecule has 0 rings (SSSR count). The van der Waals surface area contributed by atoms with E-state index in [2.05, 4.69) is 19.7 Å². The summed E-state index contributed by atoms with van der Waals surface area (Å²) in [6.07, 6.45) is 1.93. The fourth-order valence-electron chi connectivity index (χ4n) is 0.808. The van der Waals surface area contributed by atoms with E-state index >= 15 is 0 Å². The first-order valence-electron chi connectivity index (χ1n) is 3.86. The maximum atomic E-state index is 5.65. The molecule has 2 nitrogen and oxygen atoms in total. The van der Waals surface area contributed by atoms with E-state index in [0.29, 0.717) is 13.2 Å². The first-order chi connectivity index (χ1) is 5.12. The smallest absolute Gasteiger partial charge is 0.190 e. The van der Waals surface area contributed by atoms with E-state index in [-0.39, 0.29) is 14.9 Å². The van der Waals surface area contributed by atoms with E-state index in [1.807, 2.05) is 6.08 Å². The lowest BCUT2D eigenvalue weighted by Crippen LogP contribution is -2.30. The summed E-state index contributed by atoms with van der Waals surface area (Å²) in [5.41, 5.74) is 0. The Morgan fingerprint density at radius 2 is 1.77 bits per heavy atom. The molecule has 0 aromatic heterocycles. The SMILES string of the molecule is C.C.C=CC[Si](C)(C)OCCOC. The first-order valence-corrected chi connectivity index (χ1v) is 6.98. The largest absolute Gasteiger partial charge is 0.415 e. The zero-order valence-electron chi connectivity index (χ0n) is 7.72. The summed E-state index contributed by atoms with van der Waals surface area (Å²) in [5.74, 6) is 0. The molecule has 0 bridgehead atoms. The monoisotopic (exact) mass is 206 g/mol. The van der Waals surface area contributed by atoms with E-state index in [4.69, 9.17) is 9.16 Å². The minimum atomic E-state index is -1.44. The molecule has 13 heavy (non-hydrogen) atoms. The number of hydrogen-bond acceptors (Lipinski definition) is 2. The van der Waals surface area contributed by atoms with E-state index in [1.165, 1.54) is 0 Å². The van der Waals surface area contributed by atoms with Crippen LogP contribution in [0.1, 0.15) is 14.9 Å². The molecule has 0 N–H and O–H groups in total. The van der Waals surface area contributed by atoms with E-state index in [1.54, 1.807) is 7.11 Å². The standard InChI is InChI=1S/C8H18O2Si.2CH4/c1-5-8-11(3,4)10-7-6-9-2;;/h5H,1,6-8H2,2-4H3;2*1H4. The summed E-state index contributed by atoms with van der Waals surface area (Å²) in [4.78, 5) is 0. The second-order valence-electron chi connectivity index (χ2n) is 3.09. The highest BCUT2D eigenvalue weighted by molar-refractivity contribution is 6.71. The van der Waals surface area contributed by atoms with Crippen molar-refractivity contribution in [3.8, 4) is 0 Å². The molecule has 0 heterocycles.